The van der Waals surface area contributed by atoms with E-state index in [0.29, 0.717) is 44.3 Å². The summed E-state index contributed by atoms with van der Waals surface area (Å²) in [6, 6.07) is 3.68. The Morgan fingerprint density at radius 2 is 1.60 bits per heavy atom. The summed E-state index contributed by atoms with van der Waals surface area (Å²) < 4.78 is 26.9. The van der Waals surface area contributed by atoms with E-state index in [9.17, 15) is 33.1 Å². The number of amides is 4. The number of nitrogens with one attached hydrogen (secondary N) is 1. The Labute approximate surface area is 201 Å². The number of halogens is 2. The molecule has 3 heterocycles. The van der Waals surface area contributed by atoms with Crippen molar-refractivity contribution in [3.8, 4) is 0 Å². The Balaban J connectivity index is 1.25. The molecule has 1 atom stereocenters. The van der Waals surface area contributed by atoms with E-state index in [-0.39, 0.29) is 42.7 Å². The quantitative estimate of drug-likeness (QED) is 0.628. The third-order valence-electron chi connectivity index (χ3n) is 8.01. The van der Waals surface area contributed by atoms with Crippen LogP contribution < -0.4 is 5.32 Å². The first-order valence-corrected chi connectivity index (χ1v) is 12.2. The molecule has 3 aliphatic heterocycles. The molecule has 3 fully saturated rings. The van der Waals surface area contributed by atoms with Gasteiger partial charge in [-0.3, -0.25) is 29.4 Å². The maximum absolute atomic E-state index is 13.4. The van der Waals surface area contributed by atoms with Crippen molar-refractivity contribution < 1.29 is 33.1 Å². The van der Waals surface area contributed by atoms with Crippen molar-refractivity contribution in [2.45, 2.75) is 68.9 Å². The molecule has 0 spiro atoms. The van der Waals surface area contributed by atoms with Gasteiger partial charge in [0.25, 0.3) is 11.8 Å². The van der Waals surface area contributed by atoms with E-state index in [1.165, 1.54) is 6.07 Å². The molecular weight excluding hydrogens is 460 g/mol. The van der Waals surface area contributed by atoms with Gasteiger partial charge in [-0.25, -0.2) is 8.78 Å². The number of fused-ring (bicyclic) bond motifs is 1. The van der Waals surface area contributed by atoms with Gasteiger partial charge in [0.05, 0.1) is 16.7 Å². The van der Waals surface area contributed by atoms with Gasteiger partial charge in [-0.15, -0.1) is 0 Å². The molecule has 1 aromatic carbocycles. The smallest absolute Gasteiger partial charge is 0.262 e. The van der Waals surface area contributed by atoms with Crippen LogP contribution in [0, 0.1) is 5.92 Å². The average Bonchev–Trinajstić information content (AvgIpc) is 3.06. The molecule has 4 aliphatic rings. The van der Waals surface area contributed by atoms with Gasteiger partial charge >= 0.3 is 0 Å². The molecule has 1 saturated carbocycles. The van der Waals surface area contributed by atoms with Crippen LogP contribution >= 0.6 is 0 Å². The number of nitrogens with zero attached hydrogens (tertiary/aromatic N) is 2. The molecule has 2 N–H and O–H groups in total. The molecule has 10 heteroatoms. The lowest BCUT2D eigenvalue weighted by molar-refractivity contribution is -0.136. The first kappa shape index (κ1) is 24.0. The average molecular weight is 490 g/mol. The number of carbonyl (C=O) groups is 4. The monoisotopic (exact) mass is 489 g/mol. The lowest BCUT2D eigenvalue weighted by atomic mass is 9.82. The van der Waals surface area contributed by atoms with Crippen LogP contribution in [-0.2, 0) is 15.2 Å². The Bertz CT molecular complexity index is 1070. The predicted octanol–water partition coefficient (Wildman–Crippen LogP) is 2.20. The molecule has 1 aliphatic carbocycles. The van der Waals surface area contributed by atoms with Crippen molar-refractivity contribution in [2.75, 3.05) is 19.6 Å². The number of hydrogen-bond acceptors (Lipinski definition) is 6. The molecule has 4 amide bonds. The molecule has 1 aromatic rings. The summed E-state index contributed by atoms with van der Waals surface area (Å²) in [5.74, 6) is -4.58. The van der Waals surface area contributed by atoms with Crippen LogP contribution in [0.15, 0.2) is 18.2 Å². The van der Waals surface area contributed by atoms with E-state index in [0.717, 1.165) is 11.4 Å². The Hall–Kier alpha value is -2.72. The highest BCUT2D eigenvalue weighted by Crippen LogP contribution is 2.39. The van der Waals surface area contributed by atoms with E-state index in [1.807, 2.05) is 0 Å². The van der Waals surface area contributed by atoms with Crippen LogP contribution in [0.4, 0.5) is 8.78 Å². The maximum atomic E-state index is 13.4. The fourth-order valence-corrected chi connectivity index (χ4v) is 5.80. The molecular formula is C25H29F2N3O5. The minimum Gasteiger partial charge on any atom is -0.385 e. The van der Waals surface area contributed by atoms with Crippen LogP contribution in [0.2, 0.25) is 0 Å². The van der Waals surface area contributed by atoms with Crippen LogP contribution in [-0.4, -0.2) is 70.1 Å². The summed E-state index contributed by atoms with van der Waals surface area (Å²) in [6.07, 6.45) is 1.88. The van der Waals surface area contributed by atoms with Gasteiger partial charge in [0, 0.05) is 38.9 Å². The number of piperidine rings is 2. The lowest BCUT2D eigenvalue weighted by Crippen LogP contribution is -2.54. The number of aliphatic hydroxyl groups is 1. The molecule has 35 heavy (non-hydrogen) atoms. The summed E-state index contributed by atoms with van der Waals surface area (Å²) in [5, 5.41) is 13.5. The molecule has 188 valence electrons. The van der Waals surface area contributed by atoms with Gasteiger partial charge < -0.3 is 10.0 Å². The largest absolute Gasteiger partial charge is 0.385 e. The second-order valence-corrected chi connectivity index (χ2v) is 10.3. The van der Waals surface area contributed by atoms with Crippen molar-refractivity contribution in [3.05, 3.63) is 34.9 Å². The summed E-state index contributed by atoms with van der Waals surface area (Å²) in [4.78, 5) is 52.8. The molecule has 5 rings (SSSR count). The SMILES string of the molecule is O=C1CCC(N2C(=O)c3ccc(C4(O)CCN(CC5CCC(F)(F)CC5)CC4)cc3C2=O)C(=O)N1. The van der Waals surface area contributed by atoms with Gasteiger partial charge in [0.2, 0.25) is 17.7 Å². The zero-order valence-corrected chi connectivity index (χ0v) is 19.4. The summed E-state index contributed by atoms with van der Waals surface area (Å²) in [5.41, 5.74) is -0.300. The standard InChI is InChI=1S/C25H29F2N3O5/c26-25(27)7-5-15(6-8-25)14-29-11-9-24(35,10-12-29)16-1-2-17-18(13-16)23(34)30(22(17)33)19-3-4-20(31)28-21(19)32/h1-2,13,15,19,35H,3-12,14H2,(H,28,31,32). The van der Waals surface area contributed by atoms with Crippen molar-refractivity contribution >= 4 is 23.6 Å². The first-order valence-electron chi connectivity index (χ1n) is 12.2. The Kier molecular flexibility index (Phi) is 5.99. The van der Waals surface area contributed by atoms with Crippen molar-refractivity contribution in [3.63, 3.8) is 0 Å². The van der Waals surface area contributed by atoms with Crippen molar-refractivity contribution in [1.82, 2.24) is 15.1 Å². The van der Waals surface area contributed by atoms with Crippen LogP contribution in [0.5, 0.6) is 0 Å². The molecule has 2 saturated heterocycles. The van der Waals surface area contributed by atoms with E-state index >= 15 is 0 Å². The van der Waals surface area contributed by atoms with Crippen molar-refractivity contribution in [2.24, 2.45) is 5.92 Å². The minimum absolute atomic E-state index is 0.0502. The van der Waals surface area contributed by atoms with Crippen LogP contribution in [0.3, 0.4) is 0 Å². The number of benzene rings is 1. The lowest BCUT2D eigenvalue weighted by Gasteiger charge is -2.40. The molecule has 0 radical (unpaired) electrons. The second kappa shape index (κ2) is 8.74. The van der Waals surface area contributed by atoms with Gasteiger partial charge in [-0.05, 0) is 55.7 Å². The third-order valence-corrected chi connectivity index (χ3v) is 8.01. The predicted molar refractivity (Wildman–Crippen MR) is 120 cm³/mol. The third kappa shape index (κ3) is 4.49. The van der Waals surface area contributed by atoms with Crippen molar-refractivity contribution in [1.29, 1.82) is 0 Å². The summed E-state index contributed by atoms with van der Waals surface area (Å²) in [7, 11) is 0. The van der Waals surface area contributed by atoms with Gasteiger partial charge in [-0.2, -0.15) is 0 Å². The zero-order chi connectivity index (χ0) is 25.0. The maximum Gasteiger partial charge on any atom is 0.262 e. The number of carbonyl (C=O) groups excluding carboxylic acids is 4. The molecule has 0 bridgehead atoms. The number of alkyl halides is 2. The summed E-state index contributed by atoms with van der Waals surface area (Å²) in [6.45, 7) is 1.95. The van der Waals surface area contributed by atoms with Crippen LogP contribution in [0.1, 0.15) is 77.6 Å². The number of imide groups is 2. The van der Waals surface area contributed by atoms with E-state index in [4.69, 9.17) is 0 Å². The normalized spacial score (nSPS) is 27.2. The highest BCUT2D eigenvalue weighted by molar-refractivity contribution is 6.23. The number of rotatable bonds is 4. The summed E-state index contributed by atoms with van der Waals surface area (Å²) >= 11 is 0. The Morgan fingerprint density at radius 3 is 2.26 bits per heavy atom. The molecule has 8 nitrogen and oxygen atoms in total. The van der Waals surface area contributed by atoms with Gasteiger partial charge in [0.15, 0.2) is 0 Å². The fraction of sp³-hybridized carbons (Fsp3) is 0.600. The molecule has 1 unspecified atom stereocenters. The second-order valence-electron chi connectivity index (χ2n) is 10.3. The Morgan fingerprint density at radius 1 is 0.943 bits per heavy atom. The number of likely N-dealkylation sites (tertiary alicyclic amines) is 1. The fourth-order valence-electron chi connectivity index (χ4n) is 5.80. The topological polar surface area (TPSA) is 107 Å². The highest BCUT2D eigenvalue weighted by Gasteiger charge is 2.46. The van der Waals surface area contributed by atoms with E-state index in [2.05, 4.69) is 10.2 Å². The molecule has 0 aromatic heterocycles. The van der Waals surface area contributed by atoms with E-state index < -0.39 is 41.2 Å². The highest BCUT2D eigenvalue weighted by atomic mass is 19.3. The van der Waals surface area contributed by atoms with Gasteiger partial charge in [0.1, 0.15) is 6.04 Å². The first-order chi connectivity index (χ1) is 16.6. The van der Waals surface area contributed by atoms with Gasteiger partial charge in [-0.1, -0.05) is 6.07 Å². The zero-order valence-electron chi connectivity index (χ0n) is 19.4. The van der Waals surface area contributed by atoms with E-state index in [1.54, 1.807) is 12.1 Å². The minimum atomic E-state index is -2.54. The number of hydrogen-bond donors (Lipinski definition) is 2. The van der Waals surface area contributed by atoms with Crippen LogP contribution in [0.25, 0.3) is 0 Å².